The maximum absolute atomic E-state index is 4.54. The number of aromatic nitrogens is 2. The highest BCUT2D eigenvalue weighted by molar-refractivity contribution is 5.51. The van der Waals surface area contributed by atoms with Crippen molar-refractivity contribution >= 4 is 11.6 Å². The SMILES string of the molecule is CNc1cc(N2CCCC2)n(C(C)C)n1. The van der Waals surface area contributed by atoms with E-state index in [9.17, 15) is 0 Å². The maximum atomic E-state index is 4.54. The predicted molar refractivity (Wildman–Crippen MR) is 63.6 cm³/mol. The Morgan fingerprint density at radius 3 is 2.53 bits per heavy atom. The average Bonchev–Trinajstić information content (AvgIpc) is 2.86. The van der Waals surface area contributed by atoms with E-state index in [0.29, 0.717) is 6.04 Å². The van der Waals surface area contributed by atoms with Crippen LogP contribution < -0.4 is 10.2 Å². The highest BCUT2D eigenvalue weighted by Gasteiger charge is 2.19. The number of hydrogen-bond donors (Lipinski definition) is 1. The quantitative estimate of drug-likeness (QED) is 0.826. The topological polar surface area (TPSA) is 33.1 Å². The number of hydrogen-bond acceptors (Lipinski definition) is 3. The maximum Gasteiger partial charge on any atom is 0.149 e. The molecule has 0 radical (unpaired) electrons. The van der Waals surface area contributed by atoms with E-state index in [1.54, 1.807) is 0 Å². The summed E-state index contributed by atoms with van der Waals surface area (Å²) in [4.78, 5) is 2.42. The van der Waals surface area contributed by atoms with Gasteiger partial charge in [-0.25, -0.2) is 4.68 Å². The van der Waals surface area contributed by atoms with Crippen molar-refractivity contribution in [2.75, 3.05) is 30.4 Å². The van der Waals surface area contributed by atoms with Crippen LogP contribution in [0.5, 0.6) is 0 Å². The summed E-state index contributed by atoms with van der Waals surface area (Å²) in [7, 11) is 1.92. The second-order valence-electron chi connectivity index (χ2n) is 4.37. The molecule has 1 aliphatic rings. The first-order chi connectivity index (χ1) is 7.22. The highest BCUT2D eigenvalue weighted by Crippen LogP contribution is 2.26. The molecular weight excluding hydrogens is 188 g/mol. The fourth-order valence-corrected chi connectivity index (χ4v) is 2.07. The fraction of sp³-hybridized carbons (Fsp3) is 0.727. The molecule has 0 saturated carbocycles. The predicted octanol–water partition coefficient (Wildman–Crippen LogP) is 2.11. The molecule has 1 saturated heterocycles. The van der Waals surface area contributed by atoms with Crippen molar-refractivity contribution in [3.05, 3.63) is 6.07 Å². The monoisotopic (exact) mass is 208 g/mol. The Kier molecular flexibility index (Phi) is 2.84. The molecule has 0 aromatic carbocycles. The van der Waals surface area contributed by atoms with Crippen molar-refractivity contribution < 1.29 is 0 Å². The summed E-state index contributed by atoms with van der Waals surface area (Å²) in [5.41, 5.74) is 0. The van der Waals surface area contributed by atoms with E-state index in [-0.39, 0.29) is 0 Å². The first kappa shape index (κ1) is 10.3. The van der Waals surface area contributed by atoms with Gasteiger partial charge in [-0.2, -0.15) is 5.10 Å². The summed E-state index contributed by atoms with van der Waals surface area (Å²) in [5, 5.41) is 7.64. The lowest BCUT2D eigenvalue weighted by molar-refractivity contribution is 0.531. The van der Waals surface area contributed by atoms with Gasteiger partial charge in [-0.15, -0.1) is 0 Å². The molecule has 1 fully saturated rings. The molecule has 1 aromatic rings. The smallest absolute Gasteiger partial charge is 0.149 e. The van der Waals surface area contributed by atoms with Crippen molar-refractivity contribution in [3.8, 4) is 0 Å². The van der Waals surface area contributed by atoms with Crippen LogP contribution in [0.4, 0.5) is 11.6 Å². The zero-order valence-electron chi connectivity index (χ0n) is 9.82. The van der Waals surface area contributed by atoms with Crippen molar-refractivity contribution in [2.24, 2.45) is 0 Å². The van der Waals surface area contributed by atoms with Gasteiger partial charge >= 0.3 is 0 Å². The highest BCUT2D eigenvalue weighted by atomic mass is 15.4. The lowest BCUT2D eigenvalue weighted by atomic mass is 10.4. The Balaban J connectivity index is 2.30. The molecule has 1 N–H and O–H groups in total. The molecular formula is C11H20N4. The van der Waals surface area contributed by atoms with Crippen LogP contribution >= 0.6 is 0 Å². The molecule has 0 bridgehead atoms. The van der Waals surface area contributed by atoms with Crippen LogP contribution in [-0.4, -0.2) is 29.9 Å². The van der Waals surface area contributed by atoms with E-state index in [1.807, 2.05) is 7.05 Å². The Bertz CT molecular complexity index is 323. The molecule has 0 spiro atoms. The van der Waals surface area contributed by atoms with Gasteiger partial charge in [0.15, 0.2) is 0 Å². The van der Waals surface area contributed by atoms with E-state index < -0.39 is 0 Å². The van der Waals surface area contributed by atoms with E-state index in [4.69, 9.17) is 0 Å². The van der Waals surface area contributed by atoms with Crippen LogP contribution in [0.25, 0.3) is 0 Å². The van der Waals surface area contributed by atoms with E-state index in [1.165, 1.54) is 31.7 Å². The van der Waals surface area contributed by atoms with E-state index in [0.717, 1.165) is 5.82 Å². The van der Waals surface area contributed by atoms with Gasteiger partial charge in [0.25, 0.3) is 0 Å². The van der Waals surface area contributed by atoms with E-state index >= 15 is 0 Å². The third-order valence-corrected chi connectivity index (χ3v) is 2.89. The van der Waals surface area contributed by atoms with Gasteiger partial charge in [-0.3, -0.25) is 0 Å². The summed E-state index contributed by atoms with van der Waals surface area (Å²) in [6, 6.07) is 2.56. The third kappa shape index (κ3) is 1.94. The van der Waals surface area contributed by atoms with Crippen molar-refractivity contribution in [1.29, 1.82) is 0 Å². The van der Waals surface area contributed by atoms with Gasteiger partial charge in [-0.05, 0) is 26.7 Å². The van der Waals surface area contributed by atoms with Gasteiger partial charge in [0.05, 0.1) is 0 Å². The second kappa shape index (κ2) is 4.13. The van der Waals surface area contributed by atoms with Crippen molar-refractivity contribution in [2.45, 2.75) is 32.7 Å². The lowest BCUT2D eigenvalue weighted by Crippen LogP contribution is -2.22. The molecule has 84 valence electrons. The van der Waals surface area contributed by atoms with Crippen molar-refractivity contribution in [1.82, 2.24) is 9.78 Å². The molecule has 2 heterocycles. The molecule has 0 atom stereocenters. The zero-order valence-corrected chi connectivity index (χ0v) is 9.82. The average molecular weight is 208 g/mol. The summed E-state index contributed by atoms with van der Waals surface area (Å²) < 4.78 is 2.11. The van der Waals surface area contributed by atoms with E-state index in [2.05, 4.69) is 39.9 Å². The Morgan fingerprint density at radius 1 is 1.33 bits per heavy atom. The van der Waals surface area contributed by atoms with Crippen LogP contribution in [0.2, 0.25) is 0 Å². The van der Waals surface area contributed by atoms with Crippen LogP contribution in [-0.2, 0) is 0 Å². The number of rotatable bonds is 3. The Morgan fingerprint density at radius 2 is 2.00 bits per heavy atom. The third-order valence-electron chi connectivity index (χ3n) is 2.89. The van der Waals surface area contributed by atoms with Crippen LogP contribution in [0.3, 0.4) is 0 Å². The molecule has 4 heteroatoms. The van der Waals surface area contributed by atoms with Crippen LogP contribution in [0.1, 0.15) is 32.7 Å². The number of nitrogens with zero attached hydrogens (tertiary/aromatic N) is 3. The second-order valence-corrected chi connectivity index (χ2v) is 4.37. The van der Waals surface area contributed by atoms with Crippen LogP contribution in [0, 0.1) is 0 Å². The largest absolute Gasteiger partial charge is 0.372 e. The summed E-state index contributed by atoms with van der Waals surface area (Å²) >= 11 is 0. The minimum absolute atomic E-state index is 0.419. The summed E-state index contributed by atoms with van der Waals surface area (Å²) in [5.74, 6) is 2.22. The Hall–Kier alpha value is -1.19. The first-order valence-electron chi connectivity index (χ1n) is 5.74. The zero-order chi connectivity index (χ0) is 10.8. The van der Waals surface area contributed by atoms with Gasteiger partial charge < -0.3 is 10.2 Å². The van der Waals surface area contributed by atoms with Gasteiger partial charge in [0.2, 0.25) is 0 Å². The van der Waals surface area contributed by atoms with Crippen LogP contribution in [0.15, 0.2) is 6.07 Å². The molecule has 1 aliphatic heterocycles. The fourth-order valence-electron chi connectivity index (χ4n) is 2.07. The van der Waals surface area contributed by atoms with Crippen molar-refractivity contribution in [3.63, 3.8) is 0 Å². The number of anilines is 2. The standard InChI is InChI=1S/C11H20N4/c1-9(2)15-11(8-10(12-3)13-15)14-6-4-5-7-14/h8-9H,4-7H2,1-3H3,(H,12,13). The number of nitrogens with one attached hydrogen (secondary N) is 1. The lowest BCUT2D eigenvalue weighted by Gasteiger charge is -2.20. The minimum atomic E-state index is 0.419. The molecule has 0 unspecified atom stereocenters. The molecule has 0 amide bonds. The molecule has 1 aromatic heterocycles. The summed E-state index contributed by atoms with van der Waals surface area (Å²) in [6.45, 7) is 6.68. The van der Waals surface area contributed by atoms with Gasteiger partial charge in [0, 0.05) is 32.2 Å². The normalized spacial score (nSPS) is 16.4. The molecule has 0 aliphatic carbocycles. The molecule has 2 rings (SSSR count). The summed E-state index contributed by atoms with van der Waals surface area (Å²) in [6.07, 6.45) is 2.61. The molecule has 15 heavy (non-hydrogen) atoms. The first-order valence-corrected chi connectivity index (χ1v) is 5.74. The van der Waals surface area contributed by atoms with Gasteiger partial charge in [-0.1, -0.05) is 0 Å². The molecule has 4 nitrogen and oxygen atoms in total. The Labute approximate surface area is 91.3 Å². The minimum Gasteiger partial charge on any atom is -0.372 e. The van der Waals surface area contributed by atoms with Gasteiger partial charge in [0.1, 0.15) is 11.6 Å².